The number of para-hydroxylation sites is 3. The van der Waals surface area contributed by atoms with Crippen molar-refractivity contribution < 1.29 is 4.79 Å². The van der Waals surface area contributed by atoms with Gasteiger partial charge in [-0.15, -0.1) is 11.8 Å². The summed E-state index contributed by atoms with van der Waals surface area (Å²) in [5, 5.41) is 1.03. The highest BCUT2D eigenvalue weighted by Gasteiger charge is 2.36. The van der Waals surface area contributed by atoms with Crippen LogP contribution >= 0.6 is 23.5 Å². The number of imidazole rings is 1. The molecule has 0 bridgehead atoms. The van der Waals surface area contributed by atoms with E-state index in [9.17, 15) is 4.79 Å². The van der Waals surface area contributed by atoms with Gasteiger partial charge in [0.2, 0.25) is 5.91 Å². The molecule has 2 heterocycles. The highest BCUT2D eigenvalue weighted by atomic mass is 32.2. The second kappa shape index (κ2) is 6.94. The third-order valence-electron chi connectivity index (χ3n) is 4.71. The minimum Gasteiger partial charge on any atom is -0.333 e. The van der Waals surface area contributed by atoms with Gasteiger partial charge in [-0.3, -0.25) is 4.79 Å². The van der Waals surface area contributed by atoms with Crippen molar-refractivity contribution in [3.05, 3.63) is 72.8 Å². The zero-order chi connectivity index (χ0) is 18.2. The first-order valence-electron chi connectivity index (χ1n) is 8.80. The number of carbonyl (C=O) groups is 1. The van der Waals surface area contributed by atoms with Crippen molar-refractivity contribution in [3.8, 4) is 0 Å². The number of anilines is 1. The van der Waals surface area contributed by atoms with E-state index in [-0.39, 0.29) is 17.2 Å². The number of nitrogens with zero attached hydrogens (tertiary/aromatic N) is 2. The highest BCUT2D eigenvalue weighted by Crippen LogP contribution is 2.43. The number of fused-ring (bicyclic) bond motifs is 3. The molecule has 1 N–H and O–H groups in total. The number of aromatic amines is 1. The minimum absolute atomic E-state index is 0.0543. The standard InChI is InChI=1S/C21H17N3OS2/c25-20(13-26-21-22-14-7-1-2-8-15(14)23-21)24-16-9-3-5-11-18(16)27-19-12-6-4-10-17(19)24/h1-12,16,18H,13H2,(H,22,23)/t16-,18-/m1/s1. The summed E-state index contributed by atoms with van der Waals surface area (Å²) in [5.41, 5.74) is 2.92. The summed E-state index contributed by atoms with van der Waals surface area (Å²) < 4.78 is 0. The number of carbonyl (C=O) groups excluding carboxylic acids is 1. The highest BCUT2D eigenvalue weighted by molar-refractivity contribution is 8.00. The van der Waals surface area contributed by atoms with Gasteiger partial charge in [0.05, 0.1) is 33.8 Å². The number of H-pyrrole nitrogens is 1. The molecule has 2 atom stereocenters. The number of benzene rings is 2. The molecule has 0 saturated heterocycles. The van der Waals surface area contributed by atoms with Gasteiger partial charge in [0.15, 0.2) is 5.16 Å². The van der Waals surface area contributed by atoms with E-state index in [2.05, 4.69) is 34.3 Å². The third-order valence-corrected chi connectivity index (χ3v) is 6.88. The summed E-state index contributed by atoms with van der Waals surface area (Å²) in [5.74, 6) is 0.447. The molecule has 4 nitrogen and oxygen atoms in total. The van der Waals surface area contributed by atoms with E-state index in [0.717, 1.165) is 26.8 Å². The minimum atomic E-state index is 0.0543. The molecular formula is C21H17N3OS2. The zero-order valence-corrected chi connectivity index (χ0v) is 16.0. The smallest absolute Gasteiger partial charge is 0.238 e. The number of amides is 1. The summed E-state index contributed by atoms with van der Waals surface area (Å²) in [6.45, 7) is 0. The predicted octanol–water partition coefficient (Wildman–Crippen LogP) is 4.66. The van der Waals surface area contributed by atoms with Crippen molar-refractivity contribution in [2.45, 2.75) is 21.3 Å². The maximum Gasteiger partial charge on any atom is 0.238 e. The van der Waals surface area contributed by atoms with Crippen LogP contribution in [0.15, 0.2) is 82.9 Å². The van der Waals surface area contributed by atoms with Crippen molar-refractivity contribution >= 4 is 46.2 Å². The Labute approximate surface area is 165 Å². The topological polar surface area (TPSA) is 49.0 Å². The number of hydrogen-bond donors (Lipinski definition) is 1. The van der Waals surface area contributed by atoms with Crippen LogP contribution in [0, 0.1) is 0 Å². The lowest BCUT2D eigenvalue weighted by Gasteiger charge is -2.40. The molecule has 0 fully saturated rings. The SMILES string of the molecule is O=C(CSc1nc2ccccc2[nH]1)N1c2ccccc2S[C@@H]2C=CC=C[C@H]21. The number of rotatable bonds is 3. The van der Waals surface area contributed by atoms with E-state index in [4.69, 9.17) is 0 Å². The molecule has 1 amide bonds. The van der Waals surface area contributed by atoms with Crippen LogP contribution in [0.1, 0.15) is 0 Å². The Morgan fingerprint density at radius 2 is 1.93 bits per heavy atom. The third kappa shape index (κ3) is 3.09. The summed E-state index contributed by atoms with van der Waals surface area (Å²) >= 11 is 3.28. The Kier molecular flexibility index (Phi) is 4.30. The van der Waals surface area contributed by atoms with Gasteiger partial charge in [-0.2, -0.15) is 0 Å². The van der Waals surface area contributed by atoms with Crippen LogP contribution in [0.5, 0.6) is 0 Å². The number of hydrogen-bond acceptors (Lipinski definition) is 4. The Morgan fingerprint density at radius 1 is 1.11 bits per heavy atom. The molecule has 1 aromatic heterocycles. The average Bonchev–Trinajstić information content (AvgIpc) is 3.13. The number of thioether (sulfide) groups is 2. The predicted molar refractivity (Wildman–Crippen MR) is 112 cm³/mol. The molecule has 1 aliphatic carbocycles. The summed E-state index contributed by atoms with van der Waals surface area (Å²) in [6, 6.07) is 16.1. The summed E-state index contributed by atoms with van der Waals surface area (Å²) in [7, 11) is 0. The fourth-order valence-corrected chi connectivity index (χ4v) is 5.48. The van der Waals surface area contributed by atoms with Crippen molar-refractivity contribution in [1.29, 1.82) is 0 Å². The van der Waals surface area contributed by atoms with Crippen molar-refractivity contribution in [2.24, 2.45) is 0 Å². The fourth-order valence-electron chi connectivity index (χ4n) is 3.48. The van der Waals surface area contributed by atoms with Crippen LogP contribution in [-0.4, -0.2) is 32.9 Å². The number of aromatic nitrogens is 2. The van der Waals surface area contributed by atoms with Crippen LogP contribution in [0.4, 0.5) is 5.69 Å². The van der Waals surface area contributed by atoms with Gasteiger partial charge in [-0.05, 0) is 24.3 Å². The van der Waals surface area contributed by atoms with E-state index in [1.165, 1.54) is 11.8 Å². The lowest BCUT2D eigenvalue weighted by molar-refractivity contribution is -0.116. The van der Waals surface area contributed by atoms with Crippen LogP contribution < -0.4 is 4.90 Å². The maximum absolute atomic E-state index is 13.2. The first-order chi connectivity index (χ1) is 13.3. The largest absolute Gasteiger partial charge is 0.333 e. The molecule has 27 heavy (non-hydrogen) atoms. The maximum atomic E-state index is 13.2. The van der Waals surface area contributed by atoms with Gasteiger partial charge in [0.1, 0.15) is 0 Å². The second-order valence-corrected chi connectivity index (χ2v) is 8.61. The molecule has 6 heteroatoms. The monoisotopic (exact) mass is 391 g/mol. The Balaban J connectivity index is 1.41. The number of allylic oxidation sites excluding steroid dienone is 2. The van der Waals surface area contributed by atoms with E-state index in [1.54, 1.807) is 0 Å². The molecule has 0 radical (unpaired) electrons. The Bertz CT molecular complexity index is 1040. The van der Waals surface area contributed by atoms with Gasteiger partial charge in [0, 0.05) is 4.90 Å². The van der Waals surface area contributed by atoms with Gasteiger partial charge < -0.3 is 9.88 Å². The van der Waals surface area contributed by atoms with E-state index in [0.29, 0.717) is 5.75 Å². The molecule has 2 aliphatic rings. The van der Waals surface area contributed by atoms with Gasteiger partial charge in [-0.1, -0.05) is 60.3 Å². The van der Waals surface area contributed by atoms with E-state index >= 15 is 0 Å². The van der Waals surface area contributed by atoms with Gasteiger partial charge >= 0.3 is 0 Å². The number of nitrogens with one attached hydrogen (secondary N) is 1. The van der Waals surface area contributed by atoms with Crippen LogP contribution in [0.3, 0.4) is 0 Å². The second-order valence-electron chi connectivity index (χ2n) is 6.42. The van der Waals surface area contributed by atoms with Gasteiger partial charge in [-0.25, -0.2) is 4.98 Å². The van der Waals surface area contributed by atoms with Crippen LogP contribution in [0.25, 0.3) is 11.0 Å². The molecule has 3 aromatic rings. The quantitative estimate of drug-likeness (QED) is 0.660. The Hall–Kier alpha value is -2.44. The first-order valence-corrected chi connectivity index (χ1v) is 10.7. The molecule has 5 rings (SSSR count). The van der Waals surface area contributed by atoms with E-state index in [1.807, 2.05) is 65.2 Å². The van der Waals surface area contributed by atoms with Gasteiger partial charge in [0.25, 0.3) is 0 Å². The summed E-state index contributed by atoms with van der Waals surface area (Å²) in [6.07, 6.45) is 8.39. The molecule has 0 unspecified atom stereocenters. The first kappa shape index (κ1) is 16.7. The fraction of sp³-hybridized carbons (Fsp3) is 0.143. The molecule has 1 aliphatic heterocycles. The lowest BCUT2D eigenvalue weighted by Crippen LogP contribution is -2.48. The molecule has 0 saturated carbocycles. The average molecular weight is 392 g/mol. The lowest BCUT2D eigenvalue weighted by atomic mass is 10.0. The van der Waals surface area contributed by atoms with Crippen molar-refractivity contribution in [3.63, 3.8) is 0 Å². The zero-order valence-electron chi connectivity index (χ0n) is 14.4. The molecule has 2 aromatic carbocycles. The van der Waals surface area contributed by atoms with Crippen LogP contribution in [0.2, 0.25) is 0 Å². The van der Waals surface area contributed by atoms with Crippen LogP contribution in [-0.2, 0) is 4.79 Å². The van der Waals surface area contributed by atoms with Crippen molar-refractivity contribution in [1.82, 2.24) is 9.97 Å². The Morgan fingerprint density at radius 3 is 2.85 bits per heavy atom. The van der Waals surface area contributed by atoms with Crippen molar-refractivity contribution in [2.75, 3.05) is 10.7 Å². The van der Waals surface area contributed by atoms with E-state index < -0.39 is 0 Å². The molecule has 0 spiro atoms. The normalized spacial score (nSPS) is 20.5. The molecular weight excluding hydrogens is 374 g/mol. The summed E-state index contributed by atoms with van der Waals surface area (Å²) in [4.78, 5) is 24.1. The molecule has 134 valence electrons.